The van der Waals surface area contributed by atoms with Gasteiger partial charge in [-0.25, -0.2) is 4.79 Å². The van der Waals surface area contributed by atoms with E-state index in [2.05, 4.69) is 4.18 Å². The number of hydrogen-bond acceptors (Lipinski definition) is 5. The van der Waals surface area contributed by atoms with Crippen molar-refractivity contribution in [3.63, 3.8) is 0 Å². The third-order valence-corrected chi connectivity index (χ3v) is 4.31. The van der Waals surface area contributed by atoms with Crippen LogP contribution in [0.3, 0.4) is 0 Å². The van der Waals surface area contributed by atoms with Crippen molar-refractivity contribution in [2.75, 3.05) is 6.61 Å². The molecule has 0 radical (unpaired) electrons. The molecular weight excluding hydrogens is 305 g/mol. The summed E-state index contributed by atoms with van der Waals surface area (Å²) >= 11 is 0. The van der Waals surface area contributed by atoms with E-state index in [1.54, 1.807) is 0 Å². The van der Waals surface area contributed by atoms with Crippen LogP contribution in [-0.4, -0.2) is 37.2 Å². The molecular formula is C10H13F3O6S. The molecule has 20 heavy (non-hydrogen) atoms. The Labute approximate surface area is 113 Å². The van der Waals surface area contributed by atoms with E-state index in [4.69, 9.17) is 9.84 Å². The number of hydrogen-bond donors (Lipinski definition) is 1. The van der Waals surface area contributed by atoms with Crippen LogP contribution in [0.1, 0.15) is 20.8 Å². The average Bonchev–Trinajstić information content (AvgIpc) is 2.23. The number of halogens is 3. The Morgan fingerprint density at radius 1 is 1.40 bits per heavy atom. The van der Waals surface area contributed by atoms with Gasteiger partial charge >= 0.3 is 21.6 Å². The van der Waals surface area contributed by atoms with Crippen molar-refractivity contribution in [3.8, 4) is 0 Å². The SMILES string of the molecule is CC1(C)C(OS(=O)(=O)C(F)(F)F)=CCOC1(C)C(=O)O. The number of carboxylic acid groups (broad SMARTS) is 1. The predicted molar refractivity (Wildman–Crippen MR) is 59.9 cm³/mol. The lowest BCUT2D eigenvalue weighted by molar-refractivity contribution is -0.181. The van der Waals surface area contributed by atoms with Gasteiger partial charge in [-0.15, -0.1) is 0 Å². The lowest BCUT2D eigenvalue weighted by atomic mass is 9.73. The highest BCUT2D eigenvalue weighted by molar-refractivity contribution is 7.87. The minimum atomic E-state index is -5.86. The molecule has 1 unspecified atom stereocenters. The number of alkyl halides is 3. The van der Waals surface area contributed by atoms with E-state index in [0.717, 1.165) is 13.0 Å². The summed E-state index contributed by atoms with van der Waals surface area (Å²) in [5.41, 5.74) is -9.13. The van der Waals surface area contributed by atoms with Gasteiger partial charge < -0.3 is 14.0 Å². The summed E-state index contributed by atoms with van der Waals surface area (Å²) in [5.74, 6) is -2.06. The van der Waals surface area contributed by atoms with Crippen LogP contribution in [0.15, 0.2) is 11.8 Å². The van der Waals surface area contributed by atoms with Crippen LogP contribution in [-0.2, 0) is 23.8 Å². The van der Waals surface area contributed by atoms with Crippen molar-refractivity contribution in [2.24, 2.45) is 5.41 Å². The van der Waals surface area contributed by atoms with Gasteiger partial charge in [0.05, 0.1) is 12.0 Å². The highest BCUT2D eigenvalue weighted by Gasteiger charge is 2.57. The van der Waals surface area contributed by atoms with E-state index < -0.39 is 38.4 Å². The number of rotatable bonds is 3. The van der Waals surface area contributed by atoms with E-state index in [1.807, 2.05) is 0 Å². The minimum absolute atomic E-state index is 0.380. The highest BCUT2D eigenvalue weighted by atomic mass is 32.2. The number of aliphatic carboxylic acids is 1. The fourth-order valence-corrected chi connectivity index (χ4v) is 2.19. The van der Waals surface area contributed by atoms with E-state index in [1.165, 1.54) is 13.8 Å². The van der Waals surface area contributed by atoms with Crippen LogP contribution in [0.25, 0.3) is 0 Å². The van der Waals surface area contributed by atoms with Crippen molar-refractivity contribution in [1.82, 2.24) is 0 Å². The fraction of sp³-hybridized carbons (Fsp3) is 0.700. The molecule has 0 aromatic heterocycles. The molecule has 0 spiro atoms. The second kappa shape index (κ2) is 4.62. The fourth-order valence-electron chi connectivity index (χ4n) is 1.59. The minimum Gasteiger partial charge on any atom is -0.479 e. The summed E-state index contributed by atoms with van der Waals surface area (Å²) in [5, 5.41) is 9.13. The molecule has 1 N–H and O–H groups in total. The first-order chi connectivity index (χ1) is 8.76. The van der Waals surface area contributed by atoms with Gasteiger partial charge in [0.25, 0.3) is 0 Å². The first-order valence-electron chi connectivity index (χ1n) is 5.34. The molecule has 1 heterocycles. The third-order valence-electron chi connectivity index (χ3n) is 3.34. The molecule has 1 rings (SSSR count). The summed E-state index contributed by atoms with van der Waals surface area (Å²) in [4.78, 5) is 11.2. The van der Waals surface area contributed by atoms with Crippen LogP contribution in [0, 0.1) is 5.41 Å². The van der Waals surface area contributed by atoms with E-state index >= 15 is 0 Å². The molecule has 0 fully saturated rings. The molecule has 1 aliphatic rings. The zero-order chi connectivity index (χ0) is 16.0. The molecule has 0 aromatic carbocycles. The van der Waals surface area contributed by atoms with Crippen LogP contribution in [0.4, 0.5) is 13.2 Å². The smallest absolute Gasteiger partial charge is 0.479 e. The van der Waals surface area contributed by atoms with Gasteiger partial charge in [-0.3, -0.25) is 0 Å². The summed E-state index contributed by atoms with van der Waals surface area (Å²) < 4.78 is 68.0. The second-order valence-corrected chi connectivity index (χ2v) is 6.36. The Morgan fingerprint density at radius 2 is 1.90 bits per heavy atom. The zero-order valence-electron chi connectivity index (χ0n) is 10.8. The molecule has 1 atom stereocenters. The molecule has 0 amide bonds. The summed E-state index contributed by atoms with van der Waals surface area (Å²) in [6.07, 6.45) is 0.966. The first kappa shape index (κ1) is 16.8. The largest absolute Gasteiger partial charge is 0.534 e. The Morgan fingerprint density at radius 3 is 2.30 bits per heavy atom. The van der Waals surface area contributed by atoms with Crippen molar-refractivity contribution in [2.45, 2.75) is 31.9 Å². The maximum atomic E-state index is 12.3. The molecule has 10 heteroatoms. The van der Waals surface area contributed by atoms with Crippen LogP contribution < -0.4 is 0 Å². The average molecular weight is 318 g/mol. The zero-order valence-corrected chi connectivity index (χ0v) is 11.6. The molecule has 6 nitrogen and oxygen atoms in total. The van der Waals surface area contributed by atoms with Crippen molar-refractivity contribution in [3.05, 3.63) is 11.8 Å². The van der Waals surface area contributed by atoms with E-state index in [0.29, 0.717) is 0 Å². The van der Waals surface area contributed by atoms with Gasteiger partial charge in [0.15, 0.2) is 5.60 Å². The highest BCUT2D eigenvalue weighted by Crippen LogP contribution is 2.45. The molecule has 116 valence electrons. The van der Waals surface area contributed by atoms with Crippen LogP contribution in [0.2, 0.25) is 0 Å². The Balaban J connectivity index is 3.22. The van der Waals surface area contributed by atoms with Gasteiger partial charge in [0, 0.05) is 0 Å². The predicted octanol–water partition coefficient (Wildman–Crippen LogP) is 1.64. The normalized spacial score (nSPS) is 26.8. The summed E-state index contributed by atoms with van der Waals surface area (Å²) in [6, 6.07) is 0. The van der Waals surface area contributed by atoms with Gasteiger partial charge in [0.1, 0.15) is 5.76 Å². The molecule has 0 aliphatic carbocycles. The molecule has 0 saturated heterocycles. The van der Waals surface area contributed by atoms with Crippen LogP contribution >= 0.6 is 0 Å². The molecule has 0 aromatic rings. The number of ether oxygens (including phenoxy) is 1. The van der Waals surface area contributed by atoms with Crippen molar-refractivity contribution < 1.29 is 40.4 Å². The van der Waals surface area contributed by atoms with Gasteiger partial charge in [-0.1, -0.05) is 0 Å². The standard InChI is InChI=1S/C10H13F3O6S/c1-8(2)6(19-20(16,17)10(11,12)13)4-5-18-9(8,3)7(14)15/h4H,5H2,1-3H3,(H,14,15). The quantitative estimate of drug-likeness (QED) is 0.628. The topological polar surface area (TPSA) is 89.9 Å². The van der Waals surface area contributed by atoms with E-state index in [9.17, 15) is 26.4 Å². The van der Waals surface area contributed by atoms with Crippen LogP contribution in [0.5, 0.6) is 0 Å². The Kier molecular flexibility index (Phi) is 3.87. The number of carbonyl (C=O) groups is 1. The molecule has 1 aliphatic heterocycles. The third kappa shape index (κ3) is 2.49. The van der Waals surface area contributed by atoms with Gasteiger partial charge in [-0.2, -0.15) is 21.6 Å². The maximum Gasteiger partial charge on any atom is 0.534 e. The monoisotopic (exact) mass is 318 g/mol. The second-order valence-electron chi connectivity index (χ2n) is 4.83. The van der Waals surface area contributed by atoms with Gasteiger partial charge in [0.2, 0.25) is 0 Å². The summed E-state index contributed by atoms with van der Waals surface area (Å²) in [7, 11) is -5.86. The maximum absolute atomic E-state index is 12.3. The Hall–Kier alpha value is -1.29. The molecule has 0 saturated carbocycles. The lowest BCUT2D eigenvalue weighted by Gasteiger charge is -2.43. The van der Waals surface area contributed by atoms with Gasteiger partial charge in [-0.05, 0) is 26.8 Å². The van der Waals surface area contributed by atoms with E-state index in [-0.39, 0.29) is 6.61 Å². The molecule has 0 bridgehead atoms. The lowest BCUT2D eigenvalue weighted by Crippen LogP contribution is -2.54. The number of carboxylic acids is 1. The first-order valence-corrected chi connectivity index (χ1v) is 6.75. The van der Waals surface area contributed by atoms with Crippen molar-refractivity contribution in [1.29, 1.82) is 0 Å². The Bertz CT molecular complexity index is 548. The van der Waals surface area contributed by atoms with Crippen molar-refractivity contribution >= 4 is 16.1 Å². The summed E-state index contributed by atoms with van der Waals surface area (Å²) in [6.45, 7) is 3.19.